The number of amides is 1. The minimum Gasteiger partial charge on any atom is -0.284 e. The molecule has 0 saturated carbocycles. The third-order valence-electron chi connectivity index (χ3n) is 5.13. The van der Waals surface area contributed by atoms with E-state index in [2.05, 4.69) is 20.9 Å². The molecule has 170 valence electrons. The number of anilines is 1. The molecule has 0 aliphatic heterocycles. The van der Waals surface area contributed by atoms with E-state index in [9.17, 15) is 13.2 Å². The normalized spacial score (nSPS) is 11.5. The number of hydrogen-bond donors (Lipinski definition) is 0. The largest absolute Gasteiger partial charge is 0.284 e. The number of nitrogens with zero attached hydrogens (tertiary/aromatic N) is 2. The first kappa shape index (κ1) is 23.6. The second-order valence-corrected chi connectivity index (χ2v) is 11.9. The maximum atomic E-state index is 13.2. The van der Waals surface area contributed by atoms with Crippen LogP contribution in [0.5, 0.6) is 0 Å². The molecule has 4 aromatic rings. The van der Waals surface area contributed by atoms with Crippen LogP contribution in [0, 0.1) is 0 Å². The Hall–Kier alpha value is -2.55. The summed E-state index contributed by atoms with van der Waals surface area (Å²) in [5, 5.41) is 0.615. The van der Waals surface area contributed by atoms with Gasteiger partial charge in [0.1, 0.15) is 0 Å². The average Bonchev–Trinajstić information content (AvgIpc) is 3.21. The Morgan fingerprint density at radius 2 is 1.61 bits per heavy atom. The molecule has 0 unspecified atom stereocenters. The van der Waals surface area contributed by atoms with Gasteiger partial charge in [0.05, 0.1) is 28.3 Å². The SMILES string of the molecule is O=C(CCCS(=O)(=O)Cc1ccccc1)N(Cc1ccccc1)c1nc2ccc(Br)cc2s1. The van der Waals surface area contributed by atoms with Gasteiger partial charge in [-0.1, -0.05) is 87.9 Å². The molecule has 1 heterocycles. The van der Waals surface area contributed by atoms with Crippen molar-refractivity contribution in [3.8, 4) is 0 Å². The van der Waals surface area contributed by atoms with Crippen LogP contribution >= 0.6 is 27.3 Å². The van der Waals surface area contributed by atoms with E-state index in [0.29, 0.717) is 11.7 Å². The predicted octanol–water partition coefficient (Wildman–Crippen LogP) is 5.99. The minimum atomic E-state index is -3.29. The summed E-state index contributed by atoms with van der Waals surface area (Å²) >= 11 is 4.93. The fourth-order valence-corrected chi connectivity index (χ4v) is 6.47. The Balaban J connectivity index is 1.48. The number of benzene rings is 3. The van der Waals surface area contributed by atoms with Gasteiger partial charge in [-0.15, -0.1) is 0 Å². The zero-order chi connectivity index (χ0) is 23.3. The van der Waals surface area contributed by atoms with Crippen LogP contribution in [0.3, 0.4) is 0 Å². The number of aromatic nitrogens is 1. The molecule has 0 atom stereocenters. The van der Waals surface area contributed by atoms with Crippen molar-refractivity contribution < 1.29 is 13.2 Å². The number of rotatable bonds is 9. The smallest absolute Gasteiger partial charge is 0.229 e. The molecule has 0 aliphatic rings. The summed E-state index contributed by atoms with van der Waals surface area (Å²) < 4.78 is 27.0. The quantitative estimate of drug-likeness (QED) is 0.260. The van der Waals surface area contributed by atoms with Crippen molar-refractivity contribution in [3.05, 3.63) is 94.5 Å². The number of carbonyl (C=O) groups excluding carboxylic acids is 1. The number of fused-ring (bicyclic) bond motifs is 1. The number of thiazole rings is 1. The molecule has 0 aliphatic carbocycles. The molecule has 0 fully saturated rings. The van der Waals surface area contributed by atoms with Crippen LogP contribution in [-0.2, 0) is 26.9 Å². The van der Waals surface area contributed by atoms with Crippen molar-refractivity contribution in [2.24, 2.45) is 0 Å². The van der Waals surface area contributed by atoms with Gasteiger partial charge in [0.2, 0.25) is 5.91 Å². The first-order valence-corrected chi connectivity index (χ1v) is 14.0. The van der Waals surface area contributed by atoms with Crippen LogP contribution in [0.15, 0.2) is 83.3 Å². The highest BCUT2D eigenvalue weighted by atomic mass is 79.9. The summed E-state index contributed by atoms with van der Waals surface area (Å²) in [6, 6.07) is 24.7. The lowest BCUT2D eigenvalue weighted by Crippen LogP contribution is -2.30. The molecule has 1 aromatic heterocycles. The molecular formula is C25H23BrN2O3S2. The van der Waals surface area contributed by atoms with Crippen molar-refractivity contribution in [2.45, 2.75) is 25.1 Å². The zero-order valence-electron chi connectivity index (χ0n) is 17.9. The van der Waals surface area contributed by atoms with Gasteiger partial charge in [-0.25, -0.2) is 13.4 Å². The van der Waals surface area contributed by atoms with Crippen molar-refractivity contribution >= 4 is 58.4 Å². The molecule has 33 heavy (non-hydrogen) atoms. The lowest BCUT2D eigenvalue weighted by Gasteiger charge is -2.20. The van der Waals surface area contributed by atoms with Gasteiger partial charge >= 0.3 is 0 Å². The second-order valence-electron chi connectivity index (χ2n) is 7.76. The summed E-state index contributed by atoms with van der Waals surface area (Å²) in [6.07, 6.45) is 0.413. The molecular weight excluding hydrogens is 520 g/mol. The highest BCUT2D eigenvalue weighted by molar-refractivity contribution is 9.10. The maximum absolute atomic E-state index is 13.2. The molecule has 0 spiro atoms. The van der Waals surface area contributed by atoms with Gasteiger partial charge in [0.15, 0.2) is 15.0 Å². The van der Waals surface area contributed by atoms with Gasteiger partial charge in [-0.3, -0.25) is 9.69 Å². The van der Waals surface area contributed by atoms with Gasteiger partial charge in [0, 0.05) is 10.9 Å². The van der Waals surface area contributed by atoms with Crippen molar-refractivity contribution in [2.75, 3.05) is 10.7 Å². The summed E-state index contributed by atoms with van der Waals surface area (Å²) in [6.45, 7) is 0.386. The first-order chi connectivity index (χ1) is 15.9. The number of hydrogen-bond acceptors (Lipinski definition) is 5. The van der Waals surface area contributed by atoms with Crippen molar-refractivity contribution in [1.29, 1.82) is 0 Å². The lowest BCUT2D eigenvalue weighted by molar-refractivity contribution is -0.118. The second kappa shape index (κ2) is 10.6. The van der Waals surface area contributed by atoms with E-state index in [1.54, 1.807) is 17.0 Å². The zero-order valence-corrected chi connectivity index (χ0v) is 21.1. The van der Waals surface area contributed by atoms with Gasteiger partial charge in [-0.05, 0) is 35.7 Å². The Labute approximate surface area is 206 Å². The van der Waals surface area contributed by atoms with E-state index >= 15 is 0 Å². The average molecular weight is 544 g/mol. The van der Waals surface area contributed by atoms with E-state index in [1.807, 2.05) is 66.7 Å². The van der Waals surface area contributed by atoms with Crippen LogP contribution < -0.4 is 4.90 Å². The Kier molecular flexibility index (Phi) is 7.57. The molecule has 4 rings (SSSR count). The number of carbonyl (C=O) groups is 1. The Morgan fingerprint density at radius 1 is 0.939 bits per heavy atom. The van der Waals surface area contributed by atoms with Crippen LogP contribution in [0.2, 0.25) is 0 Å². The third-order valence-corrected chi connectivity index (χ3v) is 8.35. The van der Waals surface area contributed by atoms with E-state index in [4.69, 9.17) is 0 Å². The Bertz CT molecular complexity index is 1340. The third kappa shape index (κ3) is 6.50. The summed E-state index contributed by atoms with van der Waals surface area (Å²) in [4.78, 5) is 19.6. The highest BCUT2D eigenvalue weighted by Gasteiger charge is 2.21. The monoisotopic (exact) mass is 542 g/mol. The first-order valence-electron chi connectivity index (χ1n) is 10.5. The van der Waals surface area contributed by atoms with E-state index in [0.717, 1.165) is 25.8 Å². The molecule has 1 amide bonds. The molecule has 8 heteroatoms. The summed E-state index contributed by atoms with van der Waals surface area (Å²) in [7, 11) is -3.29. The molecule has 0 saturated heterocycles. The van der Waals surface area contributed by atoms with E-state index in [1.165, 1.54) is 11.3 Å². The molecule has 5 nitrogen and oxygen atoms in total. The predicted molar refractivity (Wildman–Crippen MR) is 138 cm³/mol. The van der Waals surface area contributed by atoms with Gasteiger partial charge in [-0.2, -0.15) is 0 Å². The standard InChI is InChI=1S/C25H23BrN2O3S2/c26-21-13-14-22-23(16-21)32-25(27-22)28(17-19-8-3-1-4-9-19)24(29)12-7-15-33(30,31)18-20-10-5-2-6-11-20/h1-6,8-11,13-14,16H,7,12,15,17-18H2. The maximum Gasteiger partial charge on any atom is 0.229 e. The van der Waals surface area contributed by atoms with E-state index < -0.39 is 9.84 Å². The Morgan fingerprint density at radius 3 is 2.30 bits per heavy atom. The van der Waals surface area contributed by atoms with Crippen LogP contribution in [0.4, 0.5) is 5.13 Å². The topological polar surface area (TPSA) is 67.3 Å². The number of sulfone groups is 1. The van der Waals surface area contributed by atoms with Gasteiger partial charge < -0.3 is 0 Å². The highest BCUT2D eigenvalue weighted by Crippen LogP contribution is 2.32. The molecule has 0 radical (unpaired) electrons. The molecule has 0 N–H and O–H groups in total. The summed E-state index contributed by atoms with van der Waals surface area (Å²) in [5.74, 6) is -0.172. The van der Waals surface area contributed by atoms with Gasteiger partial charge in [0.25, 0.3) is 0 Å². The van der Waals surface area contributed by atoms with Crippen molar-refractivity contribution in [1.82, 2.24) is 4.98 Å². The fraction of sp³-hybridized carbons (Fsp3) is 0.200. The van der Waals surface area contributed by atoms with Crippen LogP contribution in [-0.4, -0.2) is 25.1 Å². The minimum absolute atomic E-state index is 0.0114. The molecule has 0 bridgehead atoms. The van der Waals surface area contributed by atoms with Crippen molar-refractivity contribution in [3.63, 3.8) is 0 Å². The summed E-state index contributed by atoms with van der Waals surface area (Å²) in [5.41, 5.74) is 2.58. The van der Waals surface area contributed by atoms with Crippen LogP contribution in [0.1, 0.15) is 24.0 Å². The number of halogens is 1. The van der Waals surface area contributed by atoms with Crippen LogP contribution in [0.25, 0.3) is 10.2 Å². The molecule has 3 aromatic carbocycles. The van der Waals surface area contributed by atoms with E-state index in [-0.39, 0.29) is 30.3 Å². The fourth-order valence-electron chi connectivity index (χ4n) is 3.51. The lowest BCUT2D eigenvalue weighted by atomic mass is 10.2.